The number of hydrogen-bond donors (Lipinski definition) is 1. The molecule has 1 heterocycles. The number of fused-ring (bicyclic) bond motifs is 1. The molecule has 0 saturated carbocycles. The van der Waals surface area contributed by atoms with Crippen molar-refractivity contribution in [1.82, 2.24) is 0 Å². The zero-order valence-corrected chi connectivity index (χ0v) is 10.6. The normalized spacial score (nSPS) is 22.3. The highest BCUT2D eigenvalue weighted by Gasteiger charge is 2.39. The molecule has 0 aromatic heterocycles. The number of benzene rings is 1. The third kappa shape index (κ3) is 2.44. The van der Waals surface area contributed by atoms with Crippen molar-refractivity contribution in [2.45, 2.75) is 18.0 Å². The molecule has 19 heavy (non-hydrogen) atoms. The van der Waals surface area contributed by atoms with Gasteiger partial charge in [-0.05, 0) is 12.1 Å². The maximum Gasteiger partial charge on any atom is 0.418 e. The fourth-order valence-corrected chi connectivity index (χ4v) is 3.64. The van der Waals surface area contributed by atoms with Crippen LogP contribution in [0.25, 0.3) is 0 Å². The molecule has 2 rings (SSSR count). The van der Waals surface area contributed by atoms with Crippen molar-refractivity contribution in [2.24, 2.45) is 5.92 Å². The topological polar surface area (TPSA) is 63.2 Å². The van der Waals surface area contributed by atoms with E-state index in [9.17, 15) is 26.4 Å². The molecule has 1 unspecified atom stereocenters. The molecule has 1 atom stereocenters. The van der Waals surface area contributed by atoms with Gasteiger partial charge in [0.25, 0.3) is 0 Å². The largest absolute Gasteiger partial charge is 0.418 e. The molecular formula is C11H10F3NO3S. The minimum Gasteiger partial charge on any atom is -0.324 e. The van der Waals surface area contributed by atoms with E-state index in [-0.39, 0.29) is 0 Å². The lowest BCUT2D eigenvalue weighted by molar-refractivity contribution is -0.137. The monoisotopic (exact) mass is 293 g/mol. The molecule has 1 aromatic rings. The number of hydrogen-bond acceptors (Lipinski definition) is 3. The average molecular weight is 293 g/mol. The fourth-order valence-electron chi connectivity index (χ4n) is 1.90. The number of rotatable bonds is 0. The van der Waals surface area contributed by atoms with E-state index in [1.54, 1.807) is 0 Å². The Kier molecular flexibility index (Phi) is 3.08. The van der Waals surface area contributed by atoms with E-state index >= 15 is 0 Å². The first-order valence-electron chi connectivity index (χ1n) is 5.37. The molecule has 1 amide bonds. The Hall–Kier alpha value is -1.57. The van der Waals surface area contributed by atoms with Crippen LogP contribution in [0.1, 0.15) is 12.5 Å². The van der Waals surface area contributed by atoms with Crippen LogP contribution in [0, 0.1) is 5.92 Å². The highest BCUT2D eigenvalue weighted by atomic mass is 32.2. The summed E-state index contributed by atoms with van der Waals surface area (Å²) < 4.78 is 62.5. The van der Waals surface area contributed by atoms with Gasteiger partial charge in [-0.15, -0.1) is 0 Å². The van der Waals surface area contributed by atoms with E-state index in [1.165, 1.54) is 6.92 Å². The fraction of sp³-hybridized carbons (Fsp3) is 0.364. The number of halogens is 3. The van der Waals surface area contributed by atoms with Gasteiger partial charge in [0, 0.05) is 5.92 Å². The summed E-state index contributed by atoms with van der Waals surface area (Å²) in [5.41, 5.74) is -1.83. The van der Waals surface area contributed by atoms with Crippen molar-refractivity contribution in [3.8, 4) is 0 Å². The number of carbonyl (C=O) groups is 1. The van der Waals surface area contributed by atoms with E-state index in [1.807, 2.05) is 0 Å². The van der Waals surface area contributed by atoms with E-state index in [0.29, 0.717) is 0 Å². The van der Waals surface area contributed by atoms with Gasteiger partial charge in [-0.25, -0.2) is 8.42 Å². The minimum atomic E-state index is -4.73. The minimum absolute atomic E-state index is 0.486. The van der Waals surface area contributed by atoms with Gasteiger partial charge in [-0.1, -0.05) is 13.0 Å². The summed E-state index contributed by atoms with van der Waals surface area (Å²) >= 11 is 0. The predicted octanol–water partition coefficient (Wildman–Crippen LogP) is 2.07. The standard InChI is InChI=1S/C11H10F3NO3S/c1-6-5-19(17,18)8-4-2-3-7(11(12,13)14)9(8)15-10(6)16/h2-4,6H,5H2,1H3,(H,15,16). The maximum atomic E-state index is 12.8. The SMILES string of the molecule is CC1CS(=O)(=O)c2cccc(C(F)(F)F)c2NC1=O. The second-order valence-electron chi connectivity index (χ2n) is 4.35. The molecule has 0 radical (unpaired) electrons. The first-order valence-corrected chi connectivity index (χ1v) is 7.02. The summed E-state index contributed by atoms with van der Waals surface area (Å²) in [4.78, 5) is 11.1. The molecule has 0 saturated heterocycles. The van der Waals surface area contributed by atoms with Crippen molar-refractivity contribution in [3.63, 3.8) is 0 Å². The third-order valence-electron chi connectivity index (χ3n) is 2.83. The van der Waals surface area contributed by atoms with E-state index in [4.69, 9.17) is 0 Å². The maximum absolute atomic E-state index is 12.8. The van der Waals surface area contributed by atoms with Gasteiger partial charge in [0.15, 0.2) is 9.84 Å². The van der Waals surface area contributed by atoms with Crippen LogP contribution in [-0.2, 0) is 20.8 Å². The summed E-state index contributed by atoms with van der Waals surface area (Å²) in [6, 6.07) is 2.82. The predicted molar refractivity (Wildman–Crippen MR) is 61.3 cm³/mol. The van der Waals surface area contributed by atoms with Gasteiger partial charge in [-0.2, -0.15) is 13.2 Å². The quantitative estimate of drug-likeness (QED) is 0.796. The van der Waals surface area contributed by atoms with Crippen LogP contribution < -0.4 is 5.32 Å². The summed E-state index contributed by atoms with van der Waals surface area (Å²) in [5, 5.41) is 2.06. The Balaban J connectivity index is 2.75. The van der Waals surface area contributed by atoms with Crippen molar-refractivity contribution >= 4 is 21.4 Å². The first kappa shape index (κ1) is 13.9. The van der Waals surface area contributed by atoms with Gasteiger partial charge in [0.05, 0.1) is 21.9 Å². The number of para-hydroxylation sites is 1. The second kappa shape index (κ2) is 4.22. The van der Waals surface area contributed by atoms with E-state index < -0.39 is 49.7 Å². The number of alkyl halides is 3. The van der Waals surface area contributed by atoms with Crippen molar-refractivity contribution in [2.75, 3.05) is 11.1 Å². The lowest BCUT2D eigenvalue weighted by Gasteiger charge is -2.14. The van der Waals surface area contributed by atoms with E-state index in [2.05, 4.69) is 5.32 Å². The van der Waals surface area contributed by atoms with E-state index in [0.717, 1.165) is 18.2 Å². The zero-order valence-electron chi connectivity index (χ0n) is 9.78. The molecule has 1 N–H and O–H groups in total. The number of nitrogens with one attached hydrogen (secondary N) is 1. The highest BCUT2D eigenvalue weighted by Crippen LogP contribution is 2.40. The molecule has 104 valence electrons. The number of sulfone groups is 1. The molecule has 0 aliphatic carbocycles. The van der Waals surface area contributed by atoms with Crippen molar-refractivity contribution in [1.29, 1.82) is 0 Å². The molecule has 8 heteroatoms. The van der Waals surface area contributed by atoms with Crippen LogP contribution in [0.4, 0.5) is 18.9 Å². The molecule has 0 bridgehead atoms. The smallest absolute Gasteiger partial charge is 0.324 e. The molecule has 0 spiro atoms. The molecule has 4 nitrogen and oxygen atoms in total. The zero-order chi connectivity index (χ0) is 14.4. The number of amides is 1. The molecule has 0 fully saturated rings. The van der Waals surface area contributed by atoms with Crippen LogP contribution in [0.5, 0.6) is 0 Å². The first-order chi connectivity index (χ1) is 8.63. The third-order valence-corrected chi connectivity index (χ3v) is 4.78. The van der Waals surface area contributed by atoms with Crippen LogP contribution in [0.2, 0.25) is 0 Å². The summed E-state index contributed by atoms with van der Waals surface area (Å²) in [5.74, 6) is -2.15. The summed E-state index contributed by atoms with van der Waals surface area (Å²) in [7, 11) is -3.93. The summed E-state index contributed by atoms with van der Waals surface area (Å²) in [6.45, 7) is 1.35. The second-order valence-corrected chi connectivity index (χ2v) is 6.35. The molecule has 1 aromatic carbocycles. The molecular weight excluding hydrogens is 283 g/mol. The van der Waals surface area contributed by atoms with Crippen molar-refractivity contribution in [3.05, 3.63) is 23.8 Å². The van der Waals surface area contributed by atoms with Crippen molar-refractivity contribution < 1.29 is 26.4 Å². The highest BCUT2D eigenvalue weighted by molar-refractivity contribution is 7.91. The number of carbonyl (C=O) groups excluding carboxylic acids is 1. The average Bonchev–Trinajstić information content (AvgIpc) is 2.34. The lowest BCUT2D eigenvalue weighted by Crippen LogP contribution is -2.23. The van der Waals surface area contributed by atoms with Gasteiger partial charge in [-0.3, -0.25) is 4.79 Å². The van der Waals surface area contributed by atoms with Gasteiger partial charge in [0.2, 0.25) is 5.91 Å². The molecule has 1 aliphatic rings. The Morgan fingerprint density at radius 1 is 1.32 bits per heavy atom. The Morgan fingerprint density at radius 3 is 2.53 bits per heavy atom. The lowest BCUT2D eigenvalue weighted by atomic mass is 10.1. The Morgan fingerprint density at radius 2 is 1.95 bits per heavy atom. The Bertz CT molecular complexity index is 637. The van der Waals surface area contributed by atoms with Gasteiger partial charge < -0.3 is 5.32 Å². The summed E-state index contributed by atoms with van der Waals surface area (Å²) in [6.07, 6.45) is -4.73. The number of anilines is 1. The van der Waals surface area contributed by atoms with Crippen LogP contribution >= 0.6 is 0 Å². The van der Waals surface area contributed by atoms with Crippen LogP contribution in [-0.4, -0.2) is 20.1 Å². The van der Waals surface area contributed by atoms with Gasteiger partial charge in [0.1, 0.15) is 0 Å². The van der Waals surface area contributed by atoms with Gasteiger partial charge >= 0.3 is 6.18 Å². The molecule has 1 aliphatic heterocycles. The Labute approximate surface area is 107 Å². The van der Waals surface area contributed by atoms with Crippen LogP contribution in [0.3, 0.4) is 0 Å². The van der Waals surface area contributed by atoms with Crippen LogP contribution in [0.15, 0.2) is 23.1 Å².